The van der Waals surface area contributed by atoms with Gasteiger partial charge in [-0.3, -0.25) is 4.99 Å². The van der Waals surface area contributed by atoms with Gasteiger partial charge in [-0.15, -0.1) is 0 Å². The van der Waals surface area contributed by atoms with Gasteiger partial charge in [0.2, 0.25) is 0 Å². The minimum absolute atomic E-state index is 1.02. The lowest BCUT2D eigenvalue weighted by Gasteiger charge is -2.15. The first-order valence-corrected chi connectivity index (χ1v) is 6.17. The molecular formula is C12H24N2. The van der Waals surface area contributed by atoms with Crippen LogP contribution >= 0.6 is 0 Å². The van der Waals surface area contributed by atoms with E-state index in [1.807, 2.05) is 0 Å². The Hall–Kier alpha value is -0.530. The zero-order chi connectivity index (χ0) is 10.1. The predicted molar refractivity (Wildman–Crippen MR) is 62.9 cm³/mol. The second kappa shape index (κ2) is 7.84. The lowest BCUT2D eigenvalue weighted by Crippen LogP contribution is -2.22. The van der Waals surface area contributed by atoms with Gasteiger partial charge in [0.1, 0.15) is 0 Å². The molecule has 1 fully saturated rings. The lowest BCUT2D eigenvalue weighted by atomic mass is 10.2. The van der Waals surface area contributed by atoms with E-state index in [2.05, 4.69) is 23.2 Å². The van der Waals surface area contributed by atoms with Gasteiger partial charge in [-0.1, -0.05) is 32.6 Å². The SMILES string of the molecule is CCCCCN=CN1CCCCCC1. The van der Waals surface area contributed by atoms with Crippen molar-refractivity contribution in [2.75, 3.05) is 19.6 Å². The fourth-order valence-electron chi connectivity index (χ4n) is 1.84. The first-order valence-electron chi connectivity index (χ1n) is 6.17. The maximum atomic E-state index is 4.48. The minimum Gasteiger partial charge on any atom is -0.363 e. The average Bonchev–Trinajstić information content (AvgIpc) is 2.46. The molecule has 0 aromatic heterocycles. The minimum atomic E-state index is 1.02. The van der Waals surface area contributed by atoms with Gasteiger partial charge in [-0.25, -0.2) is 0 Å². The fraction of sp³-hybridized carbons (Fsp3) is 0.917. The molecule has 0 bridgehead atoms. The van der Waals surface area contributed by atoms with Gasteiger partial charge in [0.15, 0.2) is 0 Å². The van der Waals surface area contributed by atoms with E-state index in [0.29, 0.717) is 0 Å². The molecule has 2 nitrogen and oxygen atoms in total. The third-order valence-corrected chi connectivity index (χ3v) is 2.78. The number of rotatable bonds is 5. The highest BCUT2D eigenvalue weighted by atomic mass is 15.1. The molecule has 0 aromatic rings. The zero-order valence-corrected chi connectivity index (χ0v) is 9.54. The standard InChI is InChI=1S/C12H24N2/c1-2-3-6-9-13-12-14-10-7-4-5-8-11-14/h12H,2-11H2,1H3. The molecule has 82 valence electrons. The van der Waals surface area contributed by atoms with Gasteiger partial charge in [0.25, 0.3) is 0 Å². The van der Waals surface area contributed by atoms with E-state index >= 15 is 0 Å². The average molecular weight is 196 g/mol. The van der Waals surface area contributed by atoms with Crippen molar-refractivity contribution in [2.45, 2.75) is 51.9 Å². The van der Waals surface area contributed by atoms with Crippen molar-refractivity contribution in [2.24, 2.45) is 4.99 Å². The molecule has 1 rings (SSSR count). The van der Waals surface area contributed by atoms with Crippen LogP contribution in [0.15, 0.2) is 4.99 Å². The smallest absolute Gasteiger partial charge is 0.0849 e. The summed E-state index contributed by atoms with van der Waals surface area (Å²) < 4.78 is 0. The third kappa shape index (κ3) is 5.25. The topological polar surface area (TPSA) is 15.6 Å². The molecule has 0 atom stereocenters. The van der Waals surface area contributed by atoms with Gasteiger partial charge in [-0.05, 0) is 19.3 Å². The molecule has 0 aliphatic carbocycles. The monoisotopic (exact) mass is 196 g/mol. The van der Waals surface area contributed by atoms with Gasteiger partial charge in [-0.2, -0.15) is 0 Å². The maximum absolute atomic E-state index is 4.48. The first-order chi connectivity index (χ1) is 6.93. The fourth-order valence-corrected chi connectivity index (χ4v) is 1.84. The van der Waals surface area contributed by atoms with Crippen molar-refractivity contribution < 1.29 is 0 Å². The van der Waals surface area contributed by atoms with Crippen LogP contribution in [0.2, 0.25) is 0 Å². The molecule has 0 radical (unpaired) electrons. The van der Waals surface area contributed by atoms with Crippen LogP contribution in [0.5, 0.6) is 0 Å². The van der Waals surface area contributed by atoms with Crippen molar-refractivity contribution in [3.8, 4) is 0 Å². The Kier molecular flexibility index (Phi) is 6.46. The van der Waals surface area contributed by atoms with Crippen LogP contribution in [0, 0.1) is 0 Å². The van der Waals surface area contributed by atoms with Crippen LogP contribution in [0.25, 0.3) is 0 Å². The van der Waals surface area contributed by atoms with Crippen LogP contribution in [0.3, 0.4) is 0 Å². The molecule has 0 aromatic carbocycles. The second-order valence-electron chi connectivity index (χ2n) is 4.18. The predicted octanol–water partition coefficient (Wildman–Crippen LogP) is 3.08. The van der Waals surface area contributed by atoms with E-state index in [1.54, 1.807) is 0 Å². The van der Waals surface area contributed by atoms with Crippen LogP contribution in [0.4, 0.5) is 0 Å². The zero-order valence-electron chi connectivity index (χ0n) is 9.54. The highest BCUT2D eigenvalue weighted by Crippen LogP contribution is 2.07. The molecule has 0 unspecified atom stereocenters. The Morgan fingerprint density at radius 2 is 1.79 bits per heavy atom. The van der Waals surface area contributed by atoms with Crippen molar-refractivity contribution in [3.05, 3.63) is 0 Å². The summed E-state index contributed by atoms with van der Waals surface area (Å²) in [5.74, 6) is 0. The van der Waals surface area contributed by atoms with E-state index in [1.165, 1.54) is 58.0 Å². The number of nitrogens with zero attached hydrogens (tertiary/aromatic N) is 2. The van der Waals surface area contributed by atoms with Crippen molar-refractivity contribution in [3.63, 3.8) is 0 Å². The number of hydrogen-bond acceptors (Lipinski definition) is 1. The summed E-state index contributed by atoms with van der Waals surface area (Å²) in [6.07, 6.45) is 11.4. The maximum Gasteiger partial charge on any atom is 0.0849 e. The quantitative estimate of drug-likeness (QED) is 0.375. The Bertz CT molecular complexity index is 146. The van der Waals surface area contributed by atoms with Gasteiger partial charge < -0.3 is 4.90 Å². The summed E-state index contributed by atoms with van der Waals surface area (Å²) >= 11 is 0. The summed E-state index contributed by atoms with van der Waals surface area (Å²) in [4.78, 5) is 6.86. The normalized spacial score (nSPS) is 18.8. The Morgan fingerprint density at radius 1 is 1.07 bits per heavy atom. The number of unbranched alkanes of at least 4 members (excludes halogenated alkanes) is 2. The molecular weight excluding hydrogens is 172 g/mol. The van der Waals surface area contributed by atoms with Crippen molar-refractivity contribution >= 4 is 6.34 Å². The molecule has 14 heavy (non-hydrogen) atoms. The van der Waals surface area contributed by atoms with Crippen LogP contribution in [-0.4, -0.2) is 30.9 Å². The van der Waals surface area contributed by atoms with E-state index in [4.69, 9.17) is 0 Å². The van der Waals surface area contributed by atoms with E-state index in [9.17, 15) is 0 Å². The number of likely N-dealkylation sites (tertiary alicyclic amines) is 1. The summed E-state index contributed by atoms with van der Waals surface area (Å²) in [5.41, 5.74) is 0. The molecule has 0 saturated carbocycles. The summed E-state index contributed by atoms with van der Waals surface area (Å²) in [5, 5.41) is 0. The molecule has 1 heterocycles. The van der Waals surface area contributed by atoms with Gasteiger partial charge in [0, 0.05) is 19.6 Å². The highest BCUT2D eigenvalue weighted by Gasteiger charge is 2.03. The lowest BCUT2D eigenvalue weighted by molar-refractivity contribution is 0.446. The van der Waals surface area contributed by atoms with Gasteiger partial charge >= 0.3 is 0 Å². The molecule has 0 spiro atoms. The van der Waals surface area contributed by atoms with E-state index < -0.39 is 0 Å². The van der Waals surface area contributed by atoms with Gasteiger partial charge in [0.05, 0.1) is 6.34 Å². The Labute approximate surface area is 88.4 Å². The van der Waals surface area contributed by atoms with Crippen LogP contribution < -0.4 is 0 Å². The highest BCUT2D eigenvalue weighted by molar-refractivity contribution is 5.54. The number of hydrogen-bond donors (Lipinski definition) is 0. The summed E-state index contributed by atoms with van der Waals surface area (Å²) in [7, 11) is 0. The van der Waals surface area contributed by atoms with Crippen molar-refractivity contribution in [1.82, 2.24) is 4.90 Å². The number of aliphatic imine (C=N–C) groups is 1. The second-order valence-corrected chi connectivity index (χ2v) is 4.18. The third-order valence-electron chi connectivity index (χ3n) is 2.78. The van der Waals surface area contributed by atoms with Crippen LogP contribution in [0.1, 0.15) is 51.9 Å². The molecule has 1 saturated heterocycles. The molecule has 1 aliphatic heterocycles. The molecule has 2 heteroatoms. The van der Waals surface area contributed by atoms with Crippen LogP contribution in [-0.2, 0) is 0 Å². The first kappa shape index (κ1) is 11.5. The largest absolute Gasteiger partial charge is 0.363 e. The molecule has 0 amide bonds. The summed E-state index contributed by atoms with van der Waals surface area (Å²) in [6, 6.07) is 0. The van der Waals surface area contributed by atoms with Crippen molar-refractivity contribution in [1.29, 1.82) is 0 Å². The van der Waals surface area contributed by atoms with E-state index in [0.717, 1.165) is 6.54 Å². The molecule has 1 aliphatic rings. The van der Waals surface area contributed by atoms with E-state index in [-0.39, 0.29) is 0 Å². The molecule has 0 N–H and O–H groups in total. The summed E-state index contributed by atoms with van der Waals surface area (Å²) in [6.45, 7) is 5.69. The Balaban J connectivity index is 2.08. The Morgan fingerprint density at radius 3 is 2.43 bits per heavy atom.